The molecule has 6 nitrogen and oxygen atoms in total. The first-order chi connectivity index (χ1) is 8.07. The maximum Gasteiger partial charge on any atom is 0.246 e. The van der Waals surface area contributed by atoms with Gasteiger partial charge in [0.1, 0.15) is 12.0 Å². The van der Waals surface area contributed by atoms with Crippen LogP contribution >= 0.6 is 11.6 Å². The molecule has 1 atom stereocenters. The molecular weight excluding hydrogens is 248 g/mol. The highest BCUT2D eigenvalue weighted by atomic mass is 35.5. The zero-order chi connectivity index (χ0) is 13.1. The van der Waals surface area contributed by atoms with Gasteiger partial charge in [0.2, 0.25) is 11.8 Å². The van der Waals surface area contributed by atoms with E-state index in [-0.39, 0.29) is 18.4 Å². The summed E-state index contributed by atoms with van der Waals surface area (Å²) in [6.45, 7) is 3.10. The minimum absolute atomic E-state index is 0.0107. The van der Waals surface area contributed by atoms with Gasteiger partial charge in [-0.3, -0.25) is 9.59 Å². The Balaban J connectivity index is 3.36. The summed E-state index contributed by atoms with van der Waals surface area (Å²) in [6, 6.07) is 0. The van der Waals surface area contributed by atoms with Gasteiger partial charge in [0.05, 0.1) is 13.2 Å². The van der Waals surface area contributed by atoms with Crippen molar-refractivity contribution in [1.82, 2.24) is 10.6 Å². The molecule has 7 heteroatoms. The first-order valence-corrected chi connectivity index (χ1v) is 5.76. The molecule has 0 aromatic carbocycles. The number of methoxy groups -OCH3 is 1. The van der Waals surface area contributed by atoms with Crippen LogP contribution in [0.15, 0.2) is 0 Å². The number of amides is 2. The van der Waals surface area contributed by atoms with Gasteiger partial charge in [0.25, 0.3) is 0 Å². The predicted octanol–water partition coefficient (Wildman–Crippen LogP) is -0.491. The van der Waals surface area contributed by atoms with Crippen LogP contribution in [0.5, 0.6) is 0 Å². The predicted molar refractivity (Wildman–Crippen MR) is 64.0 cm³/mol. The lowest BCUT2D eigenvalue weighted by Gasteiger charge is -2.08. The van der Waals surface area contributed by atoms with Crippen molar-refractivity contribution in [3.8, 4) is 0 Å². The Hall–Kier alpha value is -0.850. The molecule has 0 saturated heterocycles. The van der Waals surface area contributed by atoms with Gasteiger partial charge >= 0.3 is 0 Å². The van der Waals surface area contributed by atoms with Gasteiger partial charge in [-0.05, 0) is 6.92 Å². The summed E-state index contributed by atoms with van der Waals surface area (Å²) in [5.41, 5.74) is 0. The number of carbonyl (C=O) groups is 2. The largest absolute Gasteiger partial charge is 0.382 e. The van der Waals surface area contributed by atoms with E-state index < -0.39 is 5.38 Å². The third-order valence-electron chi connectivity index (χ3n) is 1.77. The molecular formula is C10H19ClN2O4. The van der Waals surface area contributed by atoms with Crippen LogP contribution in [0.4, 0.5) is 0 Å². The number of hydrogen-bond acceptors (Lipinski definition) is 4. The molecule has 0 fully saturated rings. The van der Waals surface area contributed by atoms with E-state index in [9.17, 15) is 9.59 Å². The molecule has 100 valence electrons. The fourth-order valence-electron chi connectivity index (χ4n) is 0.886. The van der Waals surface area contributed by atoms with E-state index >= 15 is 0 Å². The number of alkyl halides is 1. The normalized spacial score (nSPS) is 11.9. The fraction of sp³-hybridized carbons (Fsp3) is 0.800. The standard InChI is InChI=1S/C10H19ClN2O4/c1-8(11)10(15)13-4-3-12-9(14)7-17-6-5-16-2/h8H,3-7H2,1-2H3,(H,12,14)(H,13,15). The molecule has 0 radical (unpaired) electrons. The van der Waals surface area contributed by atoms with E-state index in [2.05, 4.69) is 10.6 Å². The maximum atomic E-state index is 11.2. The number of ether oxygens (including phenoxy) is 2. The Kier molecular flexibility index (Phi) is 9.80. The van der Waals surface area contributed by atoms with Crippen molar-refractivity contribution in [3.63, 3.8) is 0 Å². The Morgan fingerprint density at radius 2 is 1.88 bits per heavy atom. The molecule has 0 aromatic heterocycles. The summed E-state index contributed by atoms with van der Waals surface area (Å²) in [4.78, 5) is 22.2. The number of halogens is 1. The zero-order valence-electron chi connectivity index (χ0n) is 10.1. The summed E-state index contributed by atoms with van der Waals surface area (Å²) in [7, 11) is 1.56. The van der Waals surface area contributed by atoms with E-state index in [0.29, 0.717) is 26.3 Å². The lowest BCUT2D eigenvalue weighted by molar-refractivity contribution is -0.126. The Morgan fingerprint density at radius 3 is 2.47 bits per heavy atom. The lowest BCUT2D eigenvalue weighted by Crippen LogP contribution is -2.38. The Bertz CT molecular complexity index is 236. The maximum absolute atomic E-state index is 11.2. The van der Waals surface area contributed by atoms with Crippen LogP contribution in [0.25, 0.3) is 0 Å². The smallest absolute Gasteiger partial charge is 0.246 e. The summed E-state index contributed by atoms with van der Waals surface area (Å²) in [5, 5.41) is 4.59. The van der Waals surface area contributed by atoms with Crippen LogP contribution in [0.3, 0.4) is 0 Å². The van der Waals surface area contributed by atoms with Crippen molar-refractivity contribution in [3.05, 3.63) is 0 Å². The number of carbonyl (C=O) groups excluding carboxylic acids is 2. The fourth-order valence-corrected chi connectivity index (χ4v) is 0.964. The third kappa shape index (κ3) is 10.0. The summed E-state index contributed by atoms with van der Waals surface area (Å²) >= 11 is 5.54. The van der Waals surface area contributed by atoms with Crippen molar-refractivity contribution in [2.45, 2.75) is 12.3 Å². The van der Waals surface area contributed by atoms with E-state index in [1.807, 2.05) is 0 Å². The molecule has 0 spiro atoms. The summed E-state index contributed by atoms with van der Waals surface area (Å²) < 4.78 is 9.76. The topological polar surface area (TPSA) is 76.7 Å². The van der Waals surface area contributed by atoms with Crippen LogP contribution in [0.2, 0.25) is 0 Å². The molecule has 0 aliphatic rings. The highest BCUT2D eigenvalue weighted by molar-refractivity contribution is 6.30. The molecule has 0 rings (SSSR count). The van der Waals surface area contributed by atoms with E-state index in [0.717, 1.165) is 0 Å². The highest BCUT2D eigenvalue weighted by Gasteiger charge is 2.07. The van der Waals surface area contributed by atoms with Crippen LogP contribution in [-0.4, -0.2) is 57.2 Å². The highest BCUT2D eigenvalue weighted by Crippen LogP contribution is 1.90. The average Bonchev–Trinajstić information content (AvgIpc) is 2.29. The monoisotopic (exact) mass is 266 g/mol. The second-order valence-electron chi connectivity index (χ2n) is 3.30. The van der Waals surface area contributed by atoms with Crippen LogP contribution in [0, 0.1) is 0 Å². The van der Waals surface area contributed by atoms with E-state index in [4.69, 9.17) is 21.1 Å². The summed E-state index contributed by atoms with van der Waals surface area (Å²) in [6.07, 6.45) is 0. The second kappa shape index (κ2) is 10.3. The van der Waals surface area contributed by atoms with Crippen LogP contribution in [-0.2, 0) is 19.1 Å². The van der Waals surface area contributed by atoms with Gasteiger partial charge in [0.15, 0.2) is 0 Å². The van der Waals surface area contributed by atoms with E-state index in [1.165, 1.54) is 0 Å². The van der Waals surface area contributed by atoms with Gasteiger partial charge in [-0.15, -0.1) is 11.6 Å². The molecule has 2 amide bonds. The van der Waals surface area contributed by atoms with Crippen molar-refractivity contribution in [2.75, 3.05) is 40.0 Å². The Labute approximate surface area is 106 Å². The summed E-state index contributed by atoms with van der Waals surface area (Å²) in [5.74, 6) is -0.480. The number of hydrogen-bond donors (Lipinski definition) is 2. The molecule has 17 heavy (non-hydrogen) atoms. The molecule has 0 aliphatic heterocycles. The van der Waals surface area contributed by atoms with Crippen LogP contribution in [0.1, 0.15) is 6.92 Å². The molecule has 0 aliphatic carbocycles. The third-order valence-corrected chi connectivity index (χ3v) is 1.97. The minimum Gasteiger partial charge on any atom is -0.382 e. The molecule has 0 aromatic rings. The quantitative estimate of drug-likeness (QED) is 0.436. The van der Waals surface area contributed by atoms with Gasteiger partial charge in [-0.25, -0.2) is 0 Å². The van der Waals surface area contributed by atoms with Crippen LogP contribution < -0.4 is 10.6 Å². The molecule has 1 unspecified atom stereocenters. The van der Waals surface area contributed by atoms with Crippen molar-refractivity contribution >= 4 is 23.4 Å². The van der Waals surface area contributed by atoms with Gasteiger partial charge in [0, 0.05) is 20.2 Å². The molecule has 2 N–H and O–H groups in total. The second-order valence-corrected chi connectivity index (χ2v) is 3.96. The van der Waals surface area contributed by atoms with Crippen molar-refractivity contribution < 1.29 is 19.1 Å². The van der Waals surface area contributed by atoms with Crippen molar-refractivity contribution in [2.24, 2.45) is 0 Å². The zero-order valence-corrected chi connectivity index (χ0v) is 10.9. The molecule has 0 bridgehead atoms. The first-order valence-electron chi connectivity index (χ1n) is 5.33. The SMILES string of the molecule is COCCOCC(=O)NCCNC(=O)C(C)Cl. The average molecular weight is 267 g/mol. The van der Waals surface area contributed by atoms with Gasteiger partial charge < -0.3 is 20.1 Å². The van der Waals surface area contributed by atoms with Gasteiger partial charge in [-0.2, -0.15) is 0 Å². The van der Waals surface area contributed by atoms with Crippen molar-refractivity contribution in [1.29, 1.82) is 0 Å². The van der Waals surface area contributed by atoms with E-state index in [1.54, 1.807) is 14.0 Å². The first kappa shape index (κ1) is 16.1. The lowest BCUT2D eigenvalue weighted by atomic mass is 10.4. The molecule has 0 heterocycles. The molecule has 0 saturated carbocycles. The minimum atomic E-state index is -0.567. The number of nitrogens with one attached hydrogen (secondary N) is 2. The van der Waals surface area contributed by atoms with Gasteiger partial charge in [-0.1, -0.05) is 0 Å². The Morgan fingerprint density at radius 1 is 1.24 bits per heavy atom. The number of rotatable bonds is 9.